The van der Waals surface area contributed by atoms with Gasteiger partial charge in [-0.1, -0.05) is 61.9 Å². The lowest BCUT2D eigenvalue weighted by molar-refractivity contribution is 0.159. The number of amides is 2. The fraction of sp³-hybridized carbons (Fsp3) is 0.276. The van der Waals surface area contributed by atoms with E-state index < -0.39 is 11.9 Å². The van der Waals surface area contributed by atoms with E-state index in [9.17, 15) is 14.0 Å². The second-order valence-corrected chi connectivity index (χ2v) is 9.22. The highest BCUT2D eigenvalue weighted by molar-refractivity contribution is 5.91. The van der Waals surface area contributed by atoms with E-state index in [2.05, 4.69) is 12.2 Å². The number of hydrogen-bond acceptors (Lipinski definition) is 3. The van der Waals surface area contributed by atoms with Crippen LogP contribution in [0.5, 0.6) is 0 Å². The molecule has 1 N–H and O–H groups in total. The largest absolute Gasteiger partial charge is 0.322 e. The Hall–Kier alpha value is -4.00. The number of anilines is 1. The van der Waals surface area contributed by atoms with Crippen molar-refractivity contribution in [1.82, 2.24) is 14.5 Å². The Kier molecular flexibility index (Phi) is 6.55. The molecular formula is C29H29FN4O2. The summed E-state index contributed by atoms with van der Waals surface area (Å²) in [5.41, 5.74) is 2.92. The molecule has 1 aliphatic heterocycles. The van der Waals surface area contributed by atoms with Crippen LogP contribution in [0.2, 0.25) is 0 Å². The second-order valence-electron chi connectivity index (χ2n) is 9.22. The molecule has 7 heteroatoms. The first-order chi connectivity index (χ1) is 17.5. The number of carbonyl (C=O) groups excluding carboxylic acids is 1. The summed E-state index contributed by atoms with van der Waals surface area (Å²) in [7, 11) is 0. The van der Waals surface area contributed by atoms with Gasteiger partial charge in [0.15, 0.2) is 0 Å². The van der Waals surface area contributed by atoms with Gasteiger partial charge in [-0.25, -0.2) is 14.2 Å². The number of aromatic nitrogens is 2. The number of nitrogens with one attached hydrogen (secondary N) is 1. The zero-order valence-electron chi connectivity index (χ0n) is 20.4. The number of nitrogens with zero attached hydrogens (tertiary/aromatic N) is 3. The lowest BCUT2D eigenvalue weighted by atomic mass is 10.0. The molecule has 5 rings (SSSR count). The standard InChI is InChI=1S/C29H29FN4O2/c1-3-9-21-12-7-8-13-24(21)32-29(36)34(19(2)20-10-5-4-6-11-20)26-16-17-33-27(26)31-25-18-22(30)14-15-23(25)28(33)35/h4-8,10-15,18-19,26H,3,9,16-17H2,1-2H3,(H,32,36). The molecule has 1 aliphatic rings. The fourth-order valence-electron chi connectivity index (χ4n) is 5.11. The van der Waals surface area contributed by atoms with E-state index in [4.69, 9.17) is 4.98 Å². The van der Waals surface area contributed by atoms with Gasteiger partial charge in [-0.05, 0) is 49.1 Å². The molecule has 0 fully saturated rings. The van der Waals surface area contributed by atoms with Crippen molar-refractivity contribution in [3.05, 3.63) is 106 Å². The first-order valence-electron chi connectivity index (χ1n) is 12.4. The normalized spacial score (nSPS) is 15.5. The van der Waals surface area contributed by atoms with Crippen LogP contribution in [-0.2, 0) is 13.0 Å². The summed E-state index contributed by atoms with van der Waals surface area (Å²) in [5, 5.41) is 3.50. The predicted octanol–water partition coefficient (Wildman–Crippen LogP) is 6.23. The lowest BCUT2D eigenvalue weighted by Crippen LogP contribution is -2.40. The molecule has 2 unspecified atom stereocenters. The van der Waals surface area contributed by atoms with Crippen LogP contribution in [-0.4, -0.2) is 20.5 Å². The van der Waals surface area contributed by atoms with E-state index in [1.807, 2.05) is 61.5 Å². The van der Waals surface area contributed by atoms with E-state index in [0.717, 1.165) is 29.7 Å². The SMILES string of the molecule is CCCc1ccccc1NC(=O)N(C(C)c1ccccc1)C1CCn2c1nc1cc(F)ccc1c2=O. The number of fused-ring (bicyclic) bond motifs is 2. The summed E-state index contributed by atoms with van der Waals surface area (Å²) in [6.07, 6.45) is 2.36. The van der Waals surface area contributed by atoms with Crippen LogP contribution in [0.3, 0.4) is 0 Å². The zero-order chi connectivity index (χ0) is 25.2. The number of hydrogen-bond donors (Lipinski definition) is 1. The molecule has 4 aromatic rings. The minimum absolute atomic E-state index is 0.210. The molecule has 1 aromatic heterocycles. The lowest BCUT2D eigenvalue weighted by Gasteiger charge is -2.34. The molecule has 0 spiro atoms. The number of urea groups is 1. The molecular weight excluding hydrogens is 455 g/mol. The number of halogens is 1. The number of rotatable bonds is 6. The Bertz CT molecular complexity index is 1470. The molecule has 2 atom stereocenters. The molecule has 36 heavy (non-hydrogen) atoms. The highest BCUT2D eigenvalue weighted by Crippen LogP contribution is 2.37. The highest BCUT2D eigenvalue weighted by atomic mass is 19.1. The fourth-order valence-corrected chi connectivity index (χ4v) is 5.11. The van der Waals surface area contributed by atoms with E-state index in [1.54, 1.807) is 9.47 Å². The van der Waals surface area contributed by atoms with Crippen LogP contribution >= 0.6 is 0 Å². The molecule has 184 valence electrons. The van der Waals surface area contributed by atoms with E-state index in [0.29, 0.717) is 29.7 Å². The first kappa shape index (κ1) is 23.7. The van der Waals surface area contributed by atoms with Crippen molar-refractivity contribution in [2.75, 3.05) is 5.32 Å². The van der Waals surface area contributed by atoms with Crippen molar-refractivity contribution in [2.24, 2.45) is 0 Å². The van der Waals surface area contributed by atoms with Crippen LogP contribution in [0.1, 0.15) is 55.7 Å². The topological polar surface area (TPSA) is 67.2 Å². The van der Waals surface area contributed by atoms with Crippen molar-refractivity contribution in [3.8, 4) is 0 Å². The average molecular weight is 485 g/mol. The molecule has 2 heterocycles. The Morgan fingerprint density at radius 1 is 1.14 bits per heavy atom. The Labute approximate surface area is 209 Å². The van der Waals surface area contributed by atoms with Crippen molar-refractivity contribution in [2.45, 2.75) is 51.7 Å². The molecule has 0 aliphatic carbocycles. The van der Waals surface area contributed by atoms with Gasteiger partial charge >= 0.3 is 6.03 Å². The van der Waals surface area contributed by atoms with Gasteiger partial charge in [-0.15, -0.1) is 0 Å². The highest BCUT2D eigenvalue weighted by Gasteiger charge is 2.37. The van der Waals surface area contributed by atoms with Gasteiger partial charge in [-0.2, -0.15) is 0 Å². The monoisotopic (exact) mass is 484 g/mol. The van der Waals surface area contributed by atoms with Crippen molar-refractivity contribution < 1.29 is 9.18 Å². The van der Waals surface area contributed by atoms with Gasteiger partial charge in [0.05, 0.1) is 23.0 Å². The molecule has 6 nitrogen and oxygen atoms in total. The van der Waals surface area contributed by atoms with Crippen LogP contribution in [0.25, 0.3) is 10.9 Å². The zero-order valence-corrected chi connectivity index (χ0v) is 20.4. The van der Waals surface area contributed by atoms with E-state index in [1.165, 1.54) is 18.2 Å². The smallest absolute Gasteiger partial charge is 0.308 e. The maximum absolute atomic E-state index is 14.0. The van der Waals surface area contributed by atoms with Gasteiger partial charge in [-0.3, -0.25) is 9.36 Å². The molecule has 0 bridgehead atoms. The number of benzene rings is 3. The van der Waals surface area contributed by atoms with Gasteiger partial charge in [0, 0.05) is 18.3 Å². The third-order valence-corrected chi connectivity index (χ3v) is 6.92. The summed E-state index contributed by atoms with van der Waals surface area (Å²) in [6.45, 7) is 4.53. The Balaban J connectivity index is 1.58. The Morgan fingerprint density at radius 3 is 2.67 bits per heavy atom. The Morgan fingerprint density at radius 2 is 1.89 bits per heavy atom. The van der Waals surface area contributed by atoms with Crippen LogP contribution < -0.4 is 10.9 Å². The van der Waals surface area contributed by atoms with Crippen LogP contribution in [0.15, 0.2) is 77.6 Å². The number of carbonyl (C=O) groups is 1. The quantitative estimate of drug-likeness (QED) is 0.353. The maximum atomic E-state index is 14.0. The van der Waals surface area contributed by atoms with E-state index in [-0.39, 0.29) is 17.6 Å². The van der Waals surface area contributed by atoms with Crippen molar-refractivity contribution in [1.29, 1.82) is 0 Å². The van der Waals surface area contributed by atoms with Gasteiger partial charge < -0.3 is 10.2 Å². The minimum Gasteiger partial charge on any atom is -0.308 e. The molecule has 0 radical (unpaired) electrons. The van der Waals surface area contributed by atoms with Crippen molar-refractivity contribution >= 4 is 22.6 Å². The van der Waals surface area contributed by atoms with Gasteiger partial charge in [0.1, 0.15) is 11.6 Å². The maximum Gasteiger partial charge on any atom is 0.322 e. The molecule has 3 aromatic carbocycles. The summed E-state index contributed by atoms with van der Waals surface area (Å²) in [6, 6.07) is 20.6. The van der Waals surface area contributed by atoms with E-state index >= 15 is 0 Å². The third-order valence-electron chi connectivity index (χ3n) is 6.92. The number of aryl methyl sites for hydroxylation is 1. The summed E-state index contributed by atoms with van der Waals surface area (Å²) < 4.78 is 15.6. The first-order valence-corrected chi connectivity index (χ1v) is 12.4. The van der Waals surface area contributed by atoms with Gasteiger partial charge in [0.25, 0.3) is 5.56 Å². The third kappa shape index (κ3) is 4.37. The second kappa shape index (κ2) is 9.93. The molecule has 0 saturated heterocycles. The summed E-state index contributed by atoms with van der Waals surface area (Å²) in [5.74, 6) is 0.0338. The molecule has 0 saturated carbocycles. The van der Waals surface area contributed by atoms with Gasteiger partial charge in [0.2, 0.25) is 0 Å². The van der Waals surface area contributed by atoms with Crippen molar-refractivity contribution in [3.63, 3.8) is 0 Å². The average Bonchev–Trinajstić information content (AvgIpc) is 3.29. The number of para-hydroxylation sites is 1. The van der Waals surface area contributed by atoms with Crippen LogP contribution in [0.4, 0.5) is 14.9 Å². The van der Waals surface area contributed by atoms with Crippen LogP contribution in [0, 0.1) is 5.82 Å². The minimum atomic E-state index is -0.450. The summed E-state index contributed by atoms with van der Waals surface area (Å²) in [4.78, 5) is 33.6. The predicted molar refractivity (Wildman–Crippen MR) is 139 cm³/mol. The molecule has 2 amide bonds. The summed E-state index contributed by atoms with van der Waals surface area (Å²) >= 11 is 0.